The topological polar surface area (TPSA) is 41.3 Å². The summed E-state index contributed by atoms with van der Waals surface area (Å²) < 4.78 is 0. The van der Waals surface area contributed by atoms with Gasteiger partial charge >= 0.3 is 0 Å². The maximum absolute atomic E-state index is 5.57. The monoisotopic (exact) mass is 367 g/mol. The summed E-state index contributed by atoms with van der Waals surface area (Å²) >= 11 is 0. The Labute approximate surface area is 166 Å². The molecule has 3 rings (SSSR count). The number of nitrogens with zero attached hydrogens (tertiary/aromatic N) is 1. The van der Waals surface area contributed by atoms with E-state index >= 15 is 0 Å². The van der Waals surface area contributed by atoms with Crippen LogP contribution in [0.4, 0.5) is 0 Å². The van der Waals surface area contributed by atoms with Crippen molar-refractivity contribution in [3.05, 3.63) is 71.8 Å². The van der Waals surface area contributed by atoms with Gasteiger partial charge in [0.25, 0.3) is 0 Å². The van der Waals surface area contributed by atoms with Crippen molar-refractivity contribution >= 4 is 0 Å². The zero-order valence-electron chi connectivity index (χ0n) is 16.9. The summed E-state index contributed by atoms with van der Waals surface area (Å²) in [5.41, 5.74) is 8.44. The molecule has 0 aromatic heterocycles. The van der Waals surface area contributed by atoms with Gasteiger partial charge in [0.05, 0.1) is 0 Å². The minimum atomic E-state index is 0.743. The standard InChI is InChI=1S/C12H20N2.C12H17N/c1-2-9-14(10-8-13)11-12-6-4-3-5-7-12;1-2-4-11(5-3-1)10-12-6-8-13-9-7-12/h3-7H,2,8-11,13H2,1H3;1-5,12-13H,6-10H2. The van der Waals surface area contributed by atoms with Crippen LogP contribution >= 0.6 is 0 Å². The van der Waals surface area contributed by atoms with Crippen molar-refractivity contribution in [3.63, 3.8) is 0 Å². The van der Waals surface area contributed by atoms with Crippen LogP contribution in [0.5, 0.6) is 0 Å². The first-order valence-electron chi connectivity index (χ1n) is 10.5. The first-order chi connectivity index (χ1) is 13.3. The average Bonchev–Trinajstić information content (AvgIpc) is 2.71. The molecule has 1 saturated heterocycles. The zero-order valence-corrected chi connectivity index (χ0v) is 16.9. The van der Waals surface area contributed by atoms with Crippen LogP contribution in [0.15, 0.2) is 60.7 Å². The van der Waals surface area contributed by atoms with Gasteiger partial charge in [0.15, 0.2) is 0 Å². The number of benzene rings is 2. The second kappa shape index (κ2) is 13.5. The molecule has 3 N–H and O–H groups in total. The summed E-state index contributed by atoms with van der Waals surface area (Å²) in [5.74, 6) is 0.906. The molecule has 3 nitrogen and oxygen atoms in total. The van der Waals surface area contributed by atoms with Crippen LogP contribution in [-0.4, -0.2) is 37.6 Å². The fourth-order valence-electron chi connectivity index (χ4n) is 3.64. The van der Waals surface area contributed by atoms with E-state index < -0.39 is 0 Å². The molecule has 1 aliphatic rings. The van der Waals surface area contributed by atoms with Crippen molar-refractivity contribution in [2.45, 2.75) is 39.2 Å². The van der Waals surface area contributed by atoms with Crippen LogP contribution < -0.4 is 11.1 Å². The molecule has 0 unspecified atom stereocenters. The molecule has 0 radical (unpaired) electrons. The lowest BCUT2D eigenvalue weighted by atomic mass is 9.91. The Morgan fingerprint density at radius 2 is 1.48 bits per heavy atom. The minimum Gasteiger partial charge on any atom is -0.329 e. The van der Waals surface area contributed by atoms with Gasteiger partial charge in [0.1, 0.15) is 0 Å². The van der Waals surface area contributed by atoms with E-state index in [4.69, 9.17) is 5.73 Å². The second-order valence-corrected chi connectivity index (χ2v) is 7.43. The van der Waals surface area contributed by atoms with Crippen molar-refractivity contribution in [2.75, 3.05) is 32.7 Å². The number of piperidine rings is 1. The van der Waals surface area contributed by atoms with Crippen LogP contribution in [0.1, 0.15) is 37.3 Å². The van der Waals surface area contributed by atoms with E-state index in [0.29, 0.717) is 0 Å². The second-order valence-electron chi connectivity index (χ2n) is 7.43. The summed E-state index contributed by atoms with van der Waals surface area (Å²) in [7, 11) is 0. The van der Waals surface area contributed by atoms with Gasteiger partial charge in [-0.15, -0.1) is 0 Å². The molecule has 0 atom stereocenters. The molecular weight excluding hydrogens is 330 g/mol. The highest BCUT2D eigenvalue weighted by Gasteiger charge is 2.12. The average molecular weight is 368 g/mol. The van der Waals surface area contributed by atoms with Crippen molar-refractivity contribution in [3.8, 4) is 0 Å². The molecule has 3 heteroatoms. The van der Waals surface area contributed by atoms with Crippen LogP contribution in [0.3, 0.4) is 0 Å². The summed E-state index contributed by atoms with van der Waals surface area (Å²) in [5, 5.41) is 3.40. The highest BCUT2D eigenvalue weighted by molar-refractivity contribution is 5.15. The Bertz CT molecular complexity index is 573. The first-order valence-corrected chi connectivity index (χ1v) is 10.5. The Morgan fingerprint density at radius 3 is 2.04 bits per heavy atom. The molecule has 0 spiro atoms. The number of nitrogens with one attached hydrogen (secondary N) is 1. The maximum Gasteiger partial charge on any atom is 0.0234 e. The highest BCUT2D eigenvalue weighted by Crippen LogP contribution is 2.17. The molecule has 1 fully saturated rings. The van der Waals surface area contributed by atoms with Crippen LogP contribution in [0.25, 0.3) is 0 Å². The Morgan fingerprint density at radius 1 is 0.889 bits per heavy atom. The third kappa shape index (κ3) is 9.18. The van der Waals surface area contributed by atoms with Gasteiger partial charge in [-0.2, -0.15) is 0 Å². The third-order valence-electron chi connectivity index (χ3n) is 5.06. The molecule has 1 heterocycles. The highest BCUT2D eigenvalue weighted by atomic mass is 15.1. The van der Waals surface area contributed by atoms with Crippen LogP contribution in [-0.2, 0) is 13.0 Å². The molecule has 1 aliphatic heterocycles. The Hall–Kier alpha value is -1.68. The Kier molecular flexibility index (Phi) is 10.8. The lowest BCUT2D eigenvalue weighted by Gasteiger charge is -2.22. The quantitative estimate of drug-likeness (QED) is 0.738. The van der Waals surface area contributed by atoms with E-state index in [1.54, 1.807) is 0 Å². The van der Waals surface area contributed by atoms with Gasteiger partial charge in [-0.05, 0) is 62.4 Å². The van der Waals surface area contributed by atoms with Crippen molar-refractivity contribution in [1.29, 1.82) is 0 Å². The smallest absolute Gasteiger partial charge is 0.0234 e. The summed E-state index contributed by atoms with van der Waals surface area (Å²) in [4.78, 5) is 2.40. The van der Waals surface area contributed by atoms with Crippen LogP contribution in [0.2, 0.25) is 0 Å². The molecule has 0 saturated carbocycles. The fourth-order valence-corrected chi connectivity index (χ4v) is 3.64. The lowest BCUT2D eigenvalue weighted by Crippen LogP contribution is -2.29. The maximum atomic E-state index is 5.57. The van der Waals surface area contributed by atoms with E-state index in [1.807, 2.05) is 0 Å². The SMILES string of the molecule is CCCN(CCN)Cc1ccccc1.c1ccc(CC2CCNCC2)cc1. The van der Waals surface area contributed by atoms with E-state index in [2.05, 4.69) is 77.8 Å². The van der Waals surface area contributed by atoms with Crippen LogP contribution in [0, 0.1) is 5.92 Å². The van der Waals surface area contributed by atoms with Gasteiger partial charge in [0.2, 0.25) is 0 Å². The van der Waals surface area contributed by atoms with Gasteiger partial charge in [0, 0.05) is 19.6 Å². The molecule has 148 valence electrons. The van der Waals surface area contributed by atoms with Crippen molar-refractivity contribution in [2.24, 2.45) is 11.7 Å². The predicted molar refractivity (Wildman–Crippen MR) is 117 cm³/mol. The molecule has 0 aliphatic carbocycles. The van der Waals surface area contributed by atoms with E-state index in [0.717, 1.165) is 32.1 Å². The van der Waals surface area contributed by atoms with Gasteiger partial charge in [-0.25, -0.2) is 0 Å². The molecule has 27 heavy (non-hydrogen) atoms. The van der Waals surface area contributed by atoms with E-state index in [9.17, 15) is 0 Å². The normalized spacial score (nSPS) is 14.6. The van der Waals surface area contributed by atoms with Crippen molar-refractivity contribution < 1.29 is 0 Å². The van der Waals surface area contributed by atoms with Crippen molar-refractivity contribution in [1.82, 2.24) is 10.2 Å². The number of nitrogens with two attached hydrogens (primary N) is 1. The van der Waals surface area contributed by atoms with Gasteiger partial charge < -0.3 is 11.1 Å². The summed E-state index contributed by atoms with van der Waals surface area (Å²) in [6, 6.07) is 21.4. The molecular formula is C24H37N3. The summed E-state index contributed by atoms with van der Waals surface area (Å²) in [6.07, 6.45) is 5.14. The molecule has 0 bridgehead atoms. The predicted octanol–water partition coefficient (Wildman–Crippen LogP) is 4.09. The largest absolute Gasteiger partial charge is 0.329 e. The zero-order chi connectivity index (χ0) is 19.2. The third-order valence-corrected chi connectivity index (χ3v) is 5.06. The van der Waals surface area contributed by atoms with E-state index in [-0.39, 0.29) is 0 Å². The van der Waals surface area contributed by atoms with E-state index in [1.165, 1.54) is 49.9 Å². The fraction of sp³-hybridized carbons (Fsp3) is 0.500. The lowest BCUT2D eigenvalue weighted by molar-refractivity contribution is 0.273. The Balaban J connectivity index is 0.000000194. The van der Waals surface area contributed by atoms with Gasteiger partial charge in [-0.1, -0.05) is 67.6 Å². The molecule has 2 aromatic carbocycles. The molecule has 0 amide bonds. The minimum absolute atomic E-state index is 0.743. The summed E-state index contributed by atoms with van der Waals surface area (Å²) in [6.45, 7) is 8.50. The molecule has 2 aromatic rings. The number of hydrogen-bond acceptors (Lipinski definition) is 3. The number of rotatable bonds is 8. The van der Waals surface area contributed by atoms with Gasteiger partial charge in [-0.3, -0.25) is 4.90 Å². The first kappa shape index (κ1) is 21.6. The number of hydrogen-bond donors (Lipinski definition) is 2.